The lowest BCUT2D eigenvalue weighted by Gasteiger charge is -2.14. The van der Waals surface area contributed by atoms with E-state index in [-0.39, 0.29) is 12.2 Å². The molecule has 0 radical (unpaired) electrons. The quantitative estimate of drug-likeness (QED) is 0.846. The summed E-state index contributed by atoms with van der Waals surface area (Å²) in [7, 11) is 0. The van der Waals surface area contributed by atoms with E-state index in [4.69, 9.17) is 11.6 Å². The summed E-state index contributed by atoms with van der Waals surface area (Å²) in [6.45, 7) is 2.11. The van der Waals surface area contributed by atoms with Gasteiger partial charge in [-0.3, -0.25) is 0 Å². The zero-order valence-corrected chi connectivity index (χ0v) is 12.2. The number of benzene rings is 2. The SMILES string of the molecule is CCCc1cccc(C(O)Cc2c(F)cccc2Cl)c1. The highest BCUT2D eigenvalue weighted by Gasteiger charge is 2.14. The van der Waals surface area contributed by atoms with Crippen LogP contribution in [0.4, 0.5) is 4.39 Å². The van der Waals surface area contributed by atoms with Gasteiger partial charge in [-0.05, 0) is 29.7 Å². The molecule has 2 aromatic carbocycles. The van der Waals surface area contributed by atoms with Crippen LogP contribution < -0.4 is 0 Å². The predicted octanol–water partition coefficient (Wildman–Crippen LogP) is 4.71. The first-order valence-corrected chi connectivity index (χ1v) is 7.19. The van der Waals surface area contributed by atoms with E-state index in [9.17, 15) is 9.50 Å². The third kappa shape index (κ3) is 3.59. The van der Waals surface area contributed by atoms with Crippen molar-refractivity contribution in [1.82, 2.24) is 0 Å². The number of halogens is 2. The second-order valence-corrected chi connectivity index (χ2v) is 5.32. The number of hydrogen-bond donors (Lipinski definition) is 1. The molecule has 0 amide bonds. The van der Waals surface area contributed by atoms with Crippen LogP contribution in [0.2, 0.25) is 5.02 Å². The number of hydrogen-bond acceptors (Lipinski definition) is 1. The molecule has 0 aliphatic heterocycles. The van der Waals surface area contributed by atoms with Gasteiger partial charge in [0, 0.05) is 17.0 Å². The molecule has 1 nitrogen and oxygen atoms in total. The molecule has 106 valence electrons. The van der Waals surface area contributed by atoms with Gasteiger partial charge in [-0.25, -0.2) is 4.39 Å². The van der Waals surface area contributed by atoms with Crippen molar-refractivity contribution in [1.29, 1.82) is 0 Å². The maximum absolute atomic E-state index is 13.7. The molecule has 0 heterocycles. The van der Waals surface area contributed by atoms with Crippen LogP contribution in [-0.2, 0) is 12.8 Å². The molecule has 0 saturated carbocycles. The smallest absolute Gasteiger partial charge is 0.127 e. The molecule has 0 fully saturated rings. The number of aryl methyl sites for hydroxylation is 1. The van der Waals surface area contributed by atoms with Crippen LogP contribution in [0.1, 0.15) is 36.1 Å². The molecule has 0 spiro atoms. The van der Waals surface area contributed by atoms with Gasteiger partial charge in [0.05, 0.1) is 6.10 Å². The molecule has 2 rings (SSSR count). The lowest BCUT2D eigenvalue weighted by molar-refractivity contribution is 0.177. The van der Waals surface area contributed by atoms with Gasteiger partial charge in [-0.1, -0.05) is 55.3 Å². The van der Waals surface area contributed by atoms with E-state index >= 15 is 0 Å². The van der Waals surface area contributed by atoms with E-state index in [2.05, 4.69) is 6.92 Å². The minimum absolute atomic E-state index is 0.182. The lowest BCUT2D eigenvalue weighted by atomic mass is 9.98. The summed E-state index contributed by atoms with van der Waals surface area (Å²) in [5, 5.41) is 10.6. The minimum atomic E-state index is -0.749. The van der Waals surface area contributed by atoms with E-state index in [1.165, 1.54) is 11.6 Å². The molecule has 3 heteroatoms. The summed E-state index contributed by atoms with van der Waals surface area (Å²) in [4.78, 5) is 0. The largest absolute Gasteiger partial charge is 0.388 e. The first kappa shape index (κ1) is 15.0. The Hall–Kier alpha value is -1.38. The van der Waals surface area contributed by atoms with E-state index in [0.29, 0.717) is 10.6 Å². The summed E-state index contributed by atoms with van der Waals surface area (Å²) in [6.07, 6.45) is 1.46. The fraction of sp³-hybridized carbons (Fsp3) is 0.294. The first-order valence-electron chi connectivity index (χ1n) is 6.81. The van der Waals surface area contributed by atoms with E-state index < -0.39 is 6.10 Å². The number of aliphatic hydroxyl groups is 1. The van der Waals surface area contributed by atoms with Crippen molar-refractivity contribution in [2.45, 2.75) is 32.3 Å². The molecule has 0 aromatic heterocycles. The second-order valence-electron chi connectivity index (χ2n) is 4.92. The fourth-order valence-corrected chi connectivity index (χ4v) is 2.52. The second kappa shape index (κ2) is 6.87. The Balaban J connectivity index is 2.19. The summed E-state index contributed by atoms with van der Waals surface area (Å²) in [5.41, 5.74) is 2.35. The van der Waals surface area contributed by atoms with Crippen molar-refractivity contribution >= 4 is 11.6 Å². The van der Waals surface area contributed by atoms with E-state index in [1.54, 1.807) is 12.1 Å². The van der Waals surface area contributed by atoms with E-state index in [1.807, 2.05) is 24.3 Å². The van der Waals surface area contributed by atoms with Crippen molar-refractivity contribution in [3.63, 3.8) is 0 Å². The molecule has 0 aliphatic rings. The highest BCUT2D eigenvalue weighted by Crippen LogP contribution is 2.26. The summed E-state index contributed by atoms with van der Waals surface area (Å²) < 4.78 is 13.7. The molecule has 1 atom stereocenters. The Morgan fingerprint density at radius 3 is 2.65 bits per heavy atom. The molecule has 1 unspecified atom stereocenters. The Kier molecular flexibility index (Phi) is 5.16. The maximum Gasteiger partial charge on any atom is 0.127 e. The van der Waals surface area contributed by atoms with Gasteiger partial charge in [-0.2, -0.15) is 0 Å². The van der Waals surface area contributed by atoms with Crippen molar-refractivity contribution in [2.24, 2.45) is 0 Å². The maximum atomic E-state index is 13.7. The normalized spacial score (nSPS) is 12.4. The van der Waals surface area contributed by atoms with E-state index in [0.717, 1.165) is 18.4 Å². The molecule has 2 aromatic rings. The van der Waals surface area contributed by atoms with Gasteiger partial charge >= 0.3 is 0 Å². The van der Waals surface area contributed by atoms with Gasteiger partial charge in [0.15, 0.2) is 0 Å². The Morgan fingerprint density at radius 1 is 1.20 bits per heavy atom. The van der Waals surface area contributed by atoms with Crippen LogP contribution in [0.25, 0.3) is 0 Å². The van der Waals surface area contributed by atoms with Crippen LogP contribution >= 0.6 is 11.6 Å². The highest BCUT2D eigenvalue weighted by molar-refractivity contribution is 6.31. The van der Waals surface area contributed by atoms with Gasteiger partial charge in [0.2, 0.25) is 0 Å². The highest BCUT2D eigenvalue weighted by atomic mass is 35.5. The molecule has 1 N–H and O–H groups in total. The molecule has 0 aliphatic carbocycles. The van der Waals surface area contributed by atoms with Crippen LogP contribution in [0.5, 0.6) is 0 Å². The molecular formula is C17H18ClFO. The van der Waals surface area contributed by atoms with Gasteiger partial charge < -0.3 is 5.11 Å². The van der Waals surface area contributed by atoms with Crippen molar-refractivity contribution in [3.05, 3.63) is 70.0 Å². The van der Waals surface area contributed by atoms with Gasteiger partial charge in [-0.15, -0.1) is 0 Å². The monoisotopic (exact) mass is 292 g/mol. The average Bonchev–Trinajstić information content (AvgIpc) is 2.43. The Morgan fingerprint density at radius 2 is 1.95 bits per heavy atom. The van der Waals surface area contributed by atoms with Gasteiger partial charge in [0.1, 0.15) is 5.82 Å². The topological polar surface area (TPSA) is 20.2 Å². The zero-order valence-electron chi connectivity index (χ0n) is 11.4. The van der Waals surface area contributed by atoms with Crippen molar-refractivity contribution < 1.29 is 9.50 Å². The molecule has 0 saturated heterocycles. The molecule has 20 heavy (non-hydrogen) atoms. The number of aliphatic hydroxyl groups excluding tert-OH is 1. The summed E-state index contributed by atoms with van der Waals surface area (Å²) in [5.74, 6) is -0.374. The average molecular weight is 293 g/mol. The zero-order chi connectivity index (χ0) is 14.5. The lowest BCUT2D eigenvalue weighted by Crippen LogP contribution is -2.05. The third-order valence-electron chi connectivity index (χ3n) is 3.33. The minimum Gasteiger partial charge on any atom is -0.388 e. The van der Waals surface area contributed by atoms with Crippen LogP contribution in [0.15, 0.2) is 42.5 Å². The molecular weight excluding hydrogens is 275 g/mol. The summed E-state index contributed by atoms with van der Waals surface area (Å²) in [6, 6.07) is 12.4. The first-order chi connectivity index (χ1) is 9.61. The van der Waals surface area contributed by atoms with Crippen molar-refractivity contribution in [3.8, 4) is 0 Å². The third-order valence-corrected chi connectivity index (χ3v) is 3.69. The van der Waals surface area contributed by atoms with Crippen LogP contribution in [-0.4, -0.2) is 5.11 Å². The Labute approximate surface area is 124 Å². The molecule has 0 bridgehead atoms. The van der Waals surface area contributed by atoms with Crippen molar-refractivity contribution in [2.75, 3.05) is 0 Å². The van der Waals surface area contributed by atoms with Crippen LogP contribution in [0, 0.1) is 5.82 Å². The van der Waals surface area contributed by atoms with Crippen LogP contribution in [0.3, 0.4) is 0 Å². The van der Waals surface area contributed by atoms with Gasteiger partial charge in [0.25, 0.3) is 0 Å². The Bertz CT molecular complexity index is 563. The summed E-state index contributed by atoms with van der Waals surface area (Å²) >= 11 is 5.99. The predicted molar refractivity (Wildman–Crippen MR) is 80.5 cm³/mol. The number of rotatable bonds is 5. The fourth-order valence-electron chi connectivity index (χ4n) is 2.28. The standard InChI is InChI=1S/C17H18ClFO/c1-2-5-12-6-3-7-13(10-12)17(20)11-14-15(18)8-4-9-16(14)19/h3-4,6-10,17,20H,2,5,11H2,1H3.